The molecule has 2 aromatic carbocycles. The summed E-state index contributed by atoms with van der Waals surface area (Å²) in [5.74, 6) is -0.282. The van der Waals surface area contributed by atoms with E-state index in [1.807, 2.05) is 18.2 Å². The molecule has 7 atom stereocenters. The van der Waals surface area contributed by atoms with Crippen molar-refractivity contribution in [1.82, 2.24) is 4.90 Å². The second kappa shape index (κ2) is 17.7. The molecule has 1 saturated carbocycles. The fourth-order valence-electron chi connectivity index (χ4n) is 9.23. The Bertz CT molecular complexity index is 1720. The van der Waals surface area contributed by atoms with Crippen molar-refractivity contribution in [2.75, 3.05) is 40.3 Å². The van der Waals surface area contributed by atoms with E-state index < -0.39 is 30.1 Å². The zero-order chi connectivity index (χ0) is 38.4. The molecule has 13 nitrogen and oxygen atoms in total. The number of hydrogen-bond donors (Lipinski definition) is 3. The molecule has 2 fully saturated rings. The van der Waals surface area contributed by atoms with Crippen LogP contribution >= 0.6 is 0 Å². The summed E-state index contributed by atoms with van der Waals surface area (Å²) >= 11 is 0. The summed E-state index contributed by atoms with van der Waals surface area (Å²) in [6, 6.07) is 9.94. The number of phenolic OH excluding ortho intramolecular Hbond substituents is 1. The molecule has 298 valence electrons. The number of allylic oxidation sites excluding steroid dienone is 1. The van der Waals surface area contributed by atoms with Gasteiger partial charge in [0.25, 0.3) is 0 Å². The number of hydrogen-bond acceptors (Lipinski definition) is 12. The van der Waals surface area contributed by atoms with Crippen molar-refractivity contribution in [1.29, 1.82) is 0 Å². The molecule has 13 heteroatoms. The first kappa shape index (κ1) is 39.0. The molecule has 3 heterocycles. The van der Waals surface area contributed by atoms with Crippen LogP contribution in [-0.2, 0) is 25.6 Å². The molecule has 0 bridgehead atoms. The van der Waals surface area contributed by atoms with Gasteiger partial charge in [-0.3, -0.25) is 4.90 Å². The van der Waals surface area contributed by atoms with Gasteiger partial charge in [0, 0.05) is 44.1 Å². The zero-order valence-electron chi connectivity index (χ0n) is 31.6. The number of unbranched alkanes of at least 4 members (excludes halogenated alkanes) is 2. The number of benzene rings is 2. The van der Waals surface area contributed by atoms with E-state index in [0.717, 1.165) is 55.2 Å². The third kappa shape index (κ3) is 8.03. The van der Waals surface area contributed by atoms with Crippen molar-refractivity contribution in [2.45, 2.75) is 94.8 Å². The SMILES string of the molecule is C=CCO[C@@]12Oc3ccc(O)cc3[C@H]3[C@H](CCCCO)[C@@H](CCCCO)C=C(C(=NOC4CCCCO4)C[C@@H]1N(Cc1ccc4c(c1)OCO4)C(=O)OC)[C@H]32. The van der Waals surface area contributed by atoms with E-state index in [0.29, 0.717) is 48.8 Å². The number of nitrogens with zero attached hydrogens (tertiary/aromatic N) is 2. The van der Waals surface area contributed by atoms with E-state index >= 15 is 0 Å². The highest BCUT2D eigenvalue weighted by Gasteiger charge is 2.65. The van der Waals surface area contributed by atoms with E-state index in [4.69, 9.17) is 38.4 Å². The van der Waals surface area contributed by atoms with E-state index in [-0.39, 0.29) is 63.1 Å². The molecular weight excluding hydrogens is 708 g/mol. The van der Waals surface area contributed by atoms with Crippen LogP contribution in [0.25, 0.3) is 0 Å². The number of carbonyl (C=O) groups is 1. The number of phenols is 1. The van der Waals surface area contributed by atoms with E-state index in [1.54, 1.807) is 29.2 Å². The minimum absolute atomic E-state index is 0.0261. The van der Waals surface area contributed by atoms with Crippen LogP contribution in [0.3, 0.4) is 0 Å². The molecule has 0 radical (unpaired) electrons. The first-order valence-electron chi connectivity index (χ1n) is 19.7. The third-order valence-corrected chi connectivity index (χ3v) is 11.7. The summed E-state index contributed by atoms with van der Waals surface area (Å²) in [6.45, 7) is 5.12. The molecule has 0 spiro atoms. The number of aliphatic hydroxyl groups excluding tert-OH is 2. The molecule has 2 aliphatic carbocycles. The van der Waals surface area contributed by atoms with Gasteiger partial charge >= 0.3 is 6.09 Å². The smallest absolute Gasteiger partial charge is 0.410 e. The van der Waals surface area contributed by atoms with Crippen molar-refractivity contribution < 1.29 is 53.4 Å². The van der Waals surface area contributed by atoms with Gasteiger partial charge in [-0.1, -0.05) is 36.2 Å². The maximum absolute atomic E-state index is 14.2. The Kier molecular flexibility index (Phi) is 12.5. The lowest BCUT2D eigenvalue weighted by Gasteiger charge is -2.59. The van der Waals surface area contributed by atoms with Gasteiger partial charge in [-0.25, -0.2) is 4.79 Å². The van der Waals surface area contributed by atoms with Crippen LogP contribution in [0.5, 0.6) is 23.0 Å². The first-order chi connectivity index (χ1) is 26.9. The lowest BCUT2D eigenvalue weighted by molar-refractivity contribution is -0.256. The Balaban J connectivity index is 1.42. The maximum atomic E-state index is 14.2. The van der Waals surface area contributed by atoms with Crippen LogP contribution in [0.15, 0.2) is 65.9 Å². The number of methoxy groups -OCH3 is 1. The predicted molar refractivity (Wildman–Crippen MR) is 202 cm³/mol. The minimum atomic E-state index is -1.47. The molecule has 1 unspecified atom stereocenters. The van der Waals surface area contributed by atoms with Gasteiger partial charge in [0.1, 0.15) is 17.5 Å². The predicted octanol–water partition coefficient (Wildman–Crippen LogP) is 6.55. The fraction of sp³-hybridized carbons (Fsp3) is 0.571. The van der Waals surface area contributed by atoms with Crippen LogP contribution in [-0.4, -0.2) is 90.5 Å². The largest absolute Gasteiger partial charge is 0.508 e. The zero-order valence-corrected chi connectivity index (χ0v) is 31.6. The molecule has 0 aromatic heterocycles. The number of rotatable bonds is 16. The Morgan fingerprint density at radius 3 is 2.60 bits per heavy atom. The molecular formula is C42H54N2O11. The normalized spacial score (nSPS) is 28.3. The van der Waals surface area contributed by atoms with Crippen LogP contribution < -0.4 is 14.2 Å². The molecule has 55 heavy (non-hydrogen) atoms. The number of ether oxygens (including phenoxy) is 6. The number of carbonyl (C=O) groups excluding carboxylic acids is 1. The number of aromatic hydroxyl groups is 1. The van der Waals surface area contributed by atoms with E-state index in [9.17, 15) is 20.1 Å². The Labute approximate surface area is 322 Å². The van der Waals surface area contributed by atoms with Gasteiger partial charge in [-0.05, 0) is 91.8 Å². The molecule has 3 aliphatic heterocycles. The number of fused-ring (bicyclic) bond motifs is 3. The summed E-state index contributed by atoms with van der Waals surface area (Å²) in [5.41, 5.74) is 3.18. The van der Waals surface area contributed by atoms with Gasteiger partial charge in [-0.2, -0.15) is 0 Å². The van der Waals surface area contributed by atoms with Gasteiger partial charge < -0.3 is 48.6 Å². The molecule has 1 saturated heterocycles. The topological polar surface area (TPSA) is 158 Å². The summed E-state index contributed by atoms with van der Waals surface area (Å²) in [6.07, 6.45) is 10.2. The highest BCUT2D eigenvalue weighted by atomic mass is 16.8. The van der Waals surface area contributed by atoms with Crippen molar-refractivity contribution >= 4 is 11.8 Å². The summed E-state index contributed by atoms with van der Waals surface area (Å²) < 4.78 is 36.8. The van der Waals surface area contributed by atoms with Gasteiger partial charge in [-0.15, -0.1) is 6.58 Å². The molecule has 3 N–H and O–H groups in total. The average Bonchev–Trinajstić information content (AvgIpc) is 3.68. The quantitative estimate of drug-likeness (QED) is 0.0968. The molecule has 2 aromatic rings. The summed E-state index contributed by atoms with van der Waals surface area (Å²) in [5, 5.41) is 35.4. The van der Waals surface area contributed by atoms with Crippen LogP contribution in [0, 0.1) is 17.8 Å². The molecule has 1 amide bonds. The minimum Gasteiger partial charge on any atom is -0.508 e. The van der Waals surface area contributed by atoms with Gasteiger partial charge in [0.2, 0.25) is 18.9 Å². The lowest BCUT2D eigenvalue weighted by Crippen LogP contribution is -2.70. The molecule has 5 aliphatic rings. The van der Waals surface area contributed by atoms with Crippen LogP contribution in [0.4, 0.5) is 4.79 Å². The third-order valence-electron chi connectivity index (χ3n) is 11.7. The van der Waals surface area contributed by atoms with Gasteiger partial charge in [0.15, 0.2) is 11.5 Å². The van der Waals surface area contributed by atoms with Crippen LogP contribution in [0.1, 0.15) is 81.3 Å². The van der Waals surface area contributed by atoms with Crippen LogP contribution in [0.2, 0.25) is 0 Å². The standard InChI is InChI=1S/C42H54N2O11/c1-3-19-53-42-37(44(41(48)49-2)25-27-13-15-35-36(21-27)52-26-51-35)24-33(43-55-38-12-6-9-20-50-38)31-22-28(10-4-7-17-45)30(11-5-8-18-46)39(40(31)42)32-23-29(47)14-16-34(32)54-42/h3,13-16,21-23,28,30,37-40,45-47H,1,4-12,17-20,24-26H2,2H3/t28-,30+,37-,38?,39+,40+,42+/m0/s1. The van der Waals surface area contributed by atoms with E-state index in [1.165, 1.54) is 7.11 Å². The monoisotopic (exact) mass is 762 g/mol. The average molecular weight is 763 g/mol. The van der Waals surface area contributed by atoms with Crippen molar-refractivity contribution in [2.24, 2.45) is 22.9 Å². The van der Waals surface area contributed by atoms with Crippen molar-refractivity contribution in [3.63, 3.8) is 0 Å². The highest BCUT2D eigenvalue weighted by Crippen LogP contribution is 2.62. The second-order valence-corrected chi connectivity index (χ2v) is 15.0. The number of oxime groups is 1. The maximum Gasteiger partial charge on any atom is 0.410 e. The van der Waals surface area contributed by atoms with Crippen molar-refractivity contribution in [3.05, 3.63) is 71.8 Å². The van der Waals surface area contributed by atoms with Gasteiger partial charge in [0.05, 0.1) is 32.0 Å². The second-order valence-electron chi connectivity index (χ2n) is 15.0. The fourth-order valence-corrected chi connectivity index (χ4v) is 9.23. The highest BCUT2D eigenvalue weighted by molar-refractivity contribution is 6.03. The molecule has 7 rings (SSSR count). The first-order valence-corrected chi connectivity index (χ1v) is 19.7. The number of aliphatic hydroxyl groups is 2. The summed E-state index contributed by atoms with van der Waals surface area (Å²) in [4.78, 5) is 22.0. The Morgan fingerprint density at radius 1 is 1.04 bits per heavy atom. The Morgan fingerprint density at radius 2 is 1.84 bits per heavy atom. The lowest BCUT2D eigenvalue weighted by atomic mass is 9.55. The Hall–Kier alpha value is -4.30. The summed E-state index contributed by atoms with van der Waals surface area (Å²) in [7, 11) is 1.36. The van der Waals surface area contributed by atoms with Crippen molar-refractivity contribution in [3.8, 4) is 23.0 Å². The van der Waals surface area contributed by atoms with E-state index in [2.05, 4.69) is 12.7 Å². The number of amides is 1.